The maximum Gasteiger partial charge on any atom is 0.240 e. The van der Waals surface area contributed by atoms with Gasteiger partial charge in [-0.05, 0) is 31.2 Å². The van der Waals surface area contributed by atoms with Gasteiger partial charge in [-0.1, -0.05) is 30.0 Å². The minimum atomic E-state index is -3.76. The second kappa shape index (κ2) is 8.93. The van der Waals surface area contributed by atoms with E-state index in [0.29, 0.717) is 17.5 Å². The summed E-state index contributed by atoms with van der Waals surface area (Å²) in [5.41, 5.74) is 0. The SMILES string of the molecule is C=CCn1c(CNS(=O)(=O)c2ccc(F)cc2)nnc1SCC=CC. The van der Waals surface area contributed by atoms with Crippen molar-refractivity contribution in [1.29, 1.82) is 0 Å². The van der Waals surface area contributed by atoms with E-state index in [1.807, 2.05) is 19.1 Å². The fraction of sp³-hybridized carbons (Fsp3) is 0.250. The Morgan fingerprint density at radius 1 is 1.32 bits per heavy atom. The topological polar surface area (TPSA) is 76.9 Å². The number of hydrogen-bond acceptors (Lipinski definition) is 5. The van der Waals surface area contributed by atoms with Gasteiger partial charge < -0.3 is 4.57 Å². The van der Waals surface area contributed by atoms with E-state index in [2.05, 4.69) is 21.5 Å². The van der Waals surface area contributed by atoms with Crippen LogP contribution in [-0.2, 0) is 23.1 Å². The summed E-state index contributed by atoms with van der Waals surface area (Å²) in [4.78, 5) is -0.00799. The molecule has 0 aliphatic heterocycles. The van der Waals surface area contributed by atoms with Crippen LogP contribution in [0.4, 0.5) is 4.39 Å². The van der Waals surface area contributed by atoms with Gasteiger partial charge in [0.15, 0.2) is 5.16 Å². The van der Waals surface area contributed by atoms with Crippen LogP contribution in [0, 0.1) is 5.82 Å². The van der Waals surface area contributed by atoms with Crippen molar-refractivity contribution >= 4 is 21.8 Å². The highest BCUT2D eigenvalue weighted by Crippen LogP contribution is 2.18. The zero-order valence-corrected chi connectivity index (χ0v) is 15.4. The molecular weight excluding hydrogens is 363 g/mol. The number of allylic oxidation sites excluding steroid dienone is 2. The van der Waals surface area contributed by atoms with Crippen LogP contribution < -0.4 is 4.72 Å². The van der Waals surface area contributed by atoms with Crippen LogP contribution in [-0.4, -0.2) is 28.9 Å². The van der Waals surface area contributed by atoms with Gasteiger partial charge in [-0.2, -0.15) is 0 Å². The molecule has 0 amide bonds. The number of sulfonamides is 1. The molecule has 0 aliphatic carbocycles. The number of aromatic nitrogens is 3. The summed E-state index contributed by atoms with van der Waals surface area (Å²) >= 11 is 1.50. The Bertz CT molecular complexity index is 846. The first kappa shape index (κ1) is 19.4. The van der Waals surface area contributed by atoms with Crippen molar-refractivity contribution in [2.24, 2.45) is 0 Å². The predicted octanol–water partition coefficient (Wildman–Crippen LogP) is 2.75. The Labute approximate surface area is 150 Å². The van der Waals surface area contributed by atoms with Crippen molar-refractivity contribution < 1.29 is 12.8 Å². The summed E-state index contributed by atoms with van der Waals surface area (Å²) in [6.45, 7) is 6.09. The van der Waals surface area contributed by atoms with Crippen LogP contribution in [0.1, 0.15) is 12.7 Å². The molecule has 2 rings (SSSR count). The van der Waals surface area contributed by atoms with Gasteiger partial charge in [-0.3, -0.25) is 0 Å². The fourth-order valence-corrected chi connectivity index (χ4v) is 3.80. The van der Waals surface area contributed by atoms with Crippen molar-refractivity contribution in [3.05, 3.63) is 60.7 Å². The molecule has 9 heteroatoms. The zero-order chi connectivity index (χ0) is 18.3. The van der Waals surface area contributed by atoms with Crippen LogP contribution in [0.5, 0.6) is 0 Å². The van der Waals surface area contributed by atoms with E-state index in [9.17, 15) is 12.8 Å². The molecule has 25 heavy (non-hydrogen) atoms. The molecule has 0 unspecified atom stereocenters. The maximum absolute atomic E-state index is 12.9. The second-order valence-electron chi connectivity index (χ2n) is 4.96. The Balaban J connectivity index is 2.13. The molecule has 0 atom stereocenters. The summed E-state index contributed by atoms with van der Waals surface area (Å²) in [5, 5.41) is 8.85. The molecule has 0 saturated heterocycles. The molecule has 0 bridgehead atoms. The van der Waals surface area contributed by atoms with Crippen molar-refractivity contribution in [3.63, 3.8) is 0 Å². The van der Waals surface area contributed by atoms with E-state index in [-0.39, 0.29) is 11.4 Å². The summed E-state index contributed by atoms with van der Waals surface area (Å²) in [6.07, 6.45) is 5.63. The molecular formula is C16H19FN4O2S2. The fourth-order valence-electron chi connectivity index (χ4n) is 1.94. The van der Waals surface area contributed by atoms with Crippen LogP contribution in [0.3, 0.4) is 0 Å². The van der Waals surface area contributed by atoms with Gasteiger partial charge in [0.25, 0.3) is 0 Å². The third-order valence-corrected chi connectivity index (χ3v) is 5.53. The van der Waals surface area contributed by atoms with Gasteiger partial charge in [0.2, 0.25) is 10.0 Å². The molecule has 0 radical (unpaired) electrons. The van der Waals surface area contributed by atoms with Crippen LogP contribution in [0.15, 0.2) is 59.1 Å². The molecule has 1 N–H and O–H groups in total. The number of nitrogens with zero attached hydrogens (tertiary/aromatic N) is 3. The summed E-state index contributed by atoms with van der Waals surface area (Å²) in [6, 6.07) is 4.63. The molecule has 0 saturated carbocycles. The van der Waals surface area contributed by atoms with E-state index in [1.54, 1.807) is 10.6 Å². The first-order valence-corrected chi connectivity index (χ1v) is 9.97. The highest BCUT2D eigenvalue weighted by atomic mass is 32.2. The monoisotopic (exact) mass is 382 g/mol. The summed E-state index contributed by atoms with van der Waals surface area (Å²) in [7, 11) is -3.76. The Morgan fingerprint density at radius 2 is 2.04 bits per heavy atom. The first-order chi connectivity index (χ1) is 12.0. The normalized spacial score (nSPS) is 11.9. The minimum absolute atomic E-state index is 0.00799. The maximum atomic E-state index is 12.9. The molecule has 0 aliphatic rings. The quantitative estimate of drug-likeness (QED) is 0.533. The molecule has 1 aromatic heterocycles. The van der Waals surface area contributed by atoms with Crippen LogP contribution in [0.25, 0.3) is 0 Å². The third-order valence-electron chi connectivity index (χ3n) is 3.19. The minimum Gasteiger partial charge on any atom is -0.301 e. The number of nitrogens with one attached hydrogen (secondary N) is 1. The average Bonchev–Trinajstić information content (AvgIpc) is 2.96. The number of thioether (sulfide) groups is 1. The standard InChI is InChI=1S/C16H19FN4O2S2/c1-3-5-11-24-16-20-19-15(21(16)10-4-2)12-18-25(22,23)14-8-6-13(17)7-9-14/h3-9,18H,2,10-12H2,1H3. The van der Waals surface area contributed by atoms with Crippen molar-refractivity contribution in [2.75, 3.05) is 5.75 Å². The van der Waals surface area contributed by atoms with Gasteiger partial charge in [0, 0.05) is 12.3 Å². The number of halogens is 1. The van der Waals surface area contributed by atoms with Gasteiger partial charge in [0.05, 0.1) is 11.4 Å². The summed E-state index contributed by atoms with van der Waals surface area (Å²) in [5.74, 6) is 0.730. The lowest BCUT2D eigenvalue weighted by atomic mass is 10.4. The molecule has 1 heterocycles. The van der Waals surface area contributed by atoms with Gasteiger partial charge >= 0.3 is 0 Å². The predicted molar refractivity (Wildman–Crippen MR) is 96.2 cm³/mol. The first-order valence-electron chi connectivity index (χ1n) is 7.50. The average molecular weight is 382 g/mol. The highest BCUT2D eigenvalue weighted by molar-refractivity contribution is 7.99. The van der Waals surface area contributed by atoms with Gasteiger partial charge in [-0.25, -0.2) is 17.5 Å². The number of benzene rings is 1. The van der Waals surface area contributed by atoms with Crippen LogP contribution >= 0.6 is 11.8 Å². The van der Waals surface area contributed by atoms with Crippen LogP contribution in [0.2, 0.25) is 0 Å². The van der Waals surface area contributed by atoms with Crippen molar-refractivity contribution in [2.45, 2.75) is 30.1 Å². The summed E-state index contributed by atoms with van der Waals surface area (Å²) < 4.78 is 41.8. The van der Waals surface area contributed by atoms with Crippen molar-refractivity contribution in [3.8, 4) is 0 Å². The van der Waals surface area contributed by atoms with E-state index >= 15 is 0 Å². The molecule has 134 valence electrons. The number of rotatable bonds is 9. The smallest absolute Gasteiger partial charge is 0.240 e. The largest absolute Gasteiger partial charge is 0.301 e. The lowest BCUT2D eigenvalue weighted by Gasteiger charge is -2.09. The number of hydrogen-bond donors (Lipinski definition) is 1. The van der Waals surface area contributed by atoms with E-state index < -0.39 is 15.8 Å². The van der Waals surface area contributed by atoms with E-state index in [0.717, 1.165) is 17.9 Å². The van der Waals surface area contributed by atoms with Gasteiger partial charge in [-0.15, -0.1) is 16.8 Å². The molecule has 6 nitrogen and oxygen atoms in total. The molecule has 0 fully saturated rings. The lowest BCUT2D eigenvalue weighted by Crippen LogP contribution is -2.25. The molecule has 1 aromatic carbocycles. The molecule has 2 aromatic rings. The third kappa shape index (κ3) is 5.25. The Kier molecular flexibility index (Phi) is 6.91. The van der Waals surface area contributed by atoms with E-state index in [4.69, 9.17) is 0 Å². The Morgan fingerprint density at radius 3 is 2.68 bits per heavy atom. The van der Waals surface area contributed by atoms with E-state index in [1.165, 1.54) is 23.9 Å². The van der Waals surface area contributed by atoms with Crippen molar-refractivity contribution in [1.82, 2.24) is 19.5 Å². The van der Waals surface area contributed by atoms with Gasteiger partial charge in [0.1, 0.15) is 11.6 Å². The second-order valence-corrected chi connectivity index (χ2v) is 7.71. The lowest BCUT2D eigenvalue weighted by molar-refractivity contribution is 0.574. The molecule has 0 spiro atoms. The highest BCUT2D eigenvalue weighted by Gasteiger charge is 2.17. The zero-order valence-electron chi connectivity index (χ0n) is 13.7. The Hall–Kier alpha value is -1.97.